The number of ether oxygens (including phenoxy) is 1. The number of hydrogen-bond donors (Lipinski definition) is 3. The van der Waals surface area contributed by atoms with Crippen molar-refractivity contribution in [2.45, 2.75) is 32.2 Å². The van der Waals surface area contributed by atoms with Crippen molar-refractivity contribution in [1.29, 1.82) is 0 Å². The number of carbonyl (C=O) groups is 1. The molecular formula is C24H29N5O3. The number of carbonyl (C=O) groups excluding carboxylic acids is 1. The minimum atomic E-state index is -0.608. The number of nitrogens with zero attached hydrogens (tertiary/aromatic N) is 3. The molecule has 168 valence electrons. The van der Waals surface area contributed by atoms with E-state index >= 15 is 0 Å². The second-order valence-electron chi connectivity index (χ2n) is 8.55. The molecule has 0 bridgehead atoms. The number of amides is 1. The molecule has 32 heavy (non-hydrogen) atoms. The summed E-state index contributed by atoms with van der Waals surface area (Å²) < 4.78 is 6.00. The molecule has 3 N–H and O–H groups in total. The monoisotopic (exact) mass is 435 g/mol. The fourth-order valence-electron chi connectivity index (χ4n) is 4.75. The summed E-state index contributed by atoms with van der Waals surface area (Å²) in [6.07, 6.45) is 4.05. The minimum Gasteiger partial charge on any atom is -0.489 e. The highest BCUT2D eigenvalue weighted by atomic mass is 16.5. The summed E-state index contributed by atoms with van der Waals surface area (Å²) in [7, 11) is 1.60. The number of aliphatic hydroxyl groups is 1. The van der Waals surface area contributed by atoms with Gasteiger partial charge < -0.3 is 25.4 Å². The Bertz CT molecular complexity index is 1070. The second kappa shape index (κ2) is 8.44. The first kappa shape index (κ1) is 20.8. The third-order valence-electron chi connectivity index (χ3n) is 6.53. The van der Waals surface area contributed by atoms with Crippen LogP contribution in [0.2, 0.25) is 0 Å². The quantitative estimate of drug-likeness (QED) is 0.677. The number of benzene rings is 1. The normalized spacial score (nSPS) is 22.0. The van der Waals surface area contributed by atoms with E-state index in [0.717, 1.165) is 60.9 Å². The van der Waals surface area contributed by atoms with Gasteiger partial charge in [-0.05, 0) is 35.3 Å². The van der Waals surface area contributed by atoms with Crippen LogP contribution >= 0.6 is 0 Å². The summed E-state index contributed by atoms with van der Waals surface area (Å²) in [6.45, 7) is 6.19. The minimum absolute atomic E-state index is 0.211. The zero-order chi connectivity index (χ0) is 22.2. The van der Waals surface area contributed by atoms with Gasteiger partial charge in [0.2, 0.25) is 0 Å². The van der Waals surface area contributed by atoms with E-state index in [9.17, 15) is 9.90 Å². The highest BCUT2D eigenvalue weighted by Crippen LogP contribution is 2.35. The Morgan fingerprint density at radius 1 is 1.34 bits per heavy atom. The number of hydrogen-bond acceptors (Lipinski definition) is 7. The summed E-state index contributed by atoms with van der Waals surface area (Å²) in [6, 6.07) is 8.42. The van der Waals surface area contributed by atoms with Crippen LogP contribution in [-0.4, -0.2) is 66.5 Å². The van der Waals surface area contributed by atoms with Gasteiger partial charge in [0.1, 0.15) is 24.3 Å². The van der Waals surface area contributed by atoms with Crippen molar-refractivity contribution >= 4 is 23.4 Å². The molecule has 2 aromatic rings. The number of pyridine rings is 1. The Hall–Kier alpha value is -3.10. The molecule has 0 saturated carbocycles. The zero-order valence-corrected chi connectivity index (χ0v) is 18.5. The first-order chi connectivity index (χ1) is 15.6. The molecule has 0 radical (unpaired) electrons. The van der Waals surface area contributed by atoms with Gasteiger partial charge in [-0.1, -0.05) is 19.1 Å². The maximum Gasteiger partial charge on any atom is 0.269 e. The number of aromatic nitrogens is 1. The molecule has 4 heterocycles. The summed E-state index contributed by atoms with van der Waals surface area (Å²) >= 11 is 0. The first-order valence-electron chi connectivity index (χ1n) is 11.2. The average Bonchev–Trinajstić information content (AvgIpc) is 2.82. The predicted molar refractivity (Wildman–Crippen MR) is 124 cm³/mol. The van der Waals surface area contributed by atoms with Gasteiger partial charge in [-0.15, -0.1) is 0 Å². The van der Waals surface area contributed by atoms with E-state index in [1.165, 1.54) is 5.56 Å². The lowest BCUT2D eigenvalue weighted by atomic mass is 9.99. The average molecular weight is 436 g/mol. The molecule has 0 aliphatic carbocycles. The van der Waals surface area contributed by atoms with Crippen molar-refractivity contribution in [3.63, 3.8) is 0 Å². The number of nitrogens with one attached hydrogen (secondary N) is 2. The number of piperazine rings is 1. The van der Waals surface area contributed by atoms with Crippen LogP contribution in [-0.2, 0) is 6.54 Å². The van der Waals surface area contributed by atoms with E-state index in [1.54, 1.807) is 19.3 Å². The lowest BCUT2D eigenvalue weighted by Crippen LogP contribution is -2.57. The molecule has 3 aliphatic rings. The summed E-state index contributed by atoms with van der Waals surface area (Å²) in [4.78, 5) is 21.0. The van der Waals surface area contributed by atoms with Crippen LogP contribution in [0.3, 0.4) is 0 Å². The highest BCUT2D eigenvalue weighted by Gasteiger charge is 2.33. The van der Waals surface area contributed by atoms with Gasteiger partial charge in [0.05, 0.1) is 17.9 Å². The van der Waals surface area contributed by atoms with Gasteiger partial charge >= 0.3 is 0 Å². The van der Waals surface area contributed by atoms with Crippen molar-refractivity contribution < 1.29 is 14.6 Å². The van der Waals surface area contributed by atoms with E-state index in [2.05, 4.69) is 56.6 Å². The highest BCUT2D eigenvalue weighted by molar-refractivity contribution is 5.93. The van der Waals surface area contributed by atoms with E-state index in [-0.39, 0.29) is 11.9 Å². The molecule has 8 nitrogen and oxygen atoms in total. The number of aliphatic hydroxyl groups excluding tert-OH is 1. The zero-order valence-electron chi connectivity index (χ0n) is 18.5. The molecule has 3 aliphatic heterocycles. The molecule has 2 unspecified atom stereocenters. The molecule has 5 rings (SSSR count). The molecule has 1 fully saturated rings. The van der Waals surface area contributed by atoms with Gasteiger partial charge in [-0.2, -0.15) is 0 Å². The van der Waals surface area contributed by atoms with Crippen LogP contribution in [0.5, 0.6) is 5.75 Å². The topological polar surface area (TPSA) is 90.0 Å². The van der Waals surface area contributed by atoms with Crippen molar-refractivity contribution in [3.05, 3.63) is 52.9 Å². The summed E-state index contributed by atoms with van der Waals surface area (Å²) in [5, 5.41) is 16.1. The molecule has 1 aromatic carbocycles. The Morgan fingerprint density at radius 2 is 2.22 bits per heavy atom. The molecule has 8 heteroatoms. The van der Waals surface area contributed by atoms with E-state index in [4.69, 9.17) is 4.74 Å². The SMILES string of the molecule is CCC1=Cc2ccc(CN3CCN4c5cnc(C(=O)NC)cc5OCC4C3)cc2NC1O. The standard InChI is InChI=1S/C24H29N5O3/c1-3-16-9-17-5-4-15(8-19(17)27-23(16)30)12-28-6-7-29-18(13-28)14-32-22-10-20(24(31)25-2)26-11-21(22)29/h4-5,8-11,18,23,27,30H,3,6-7,12-14H2,1-2H3,(H,25,31). The number of anilines is 2. The van der Waals surface area contributed by atoms with Crippen molar-refractivity contribution in [2.24, 2.45) is 0 Å². The Labute approximate surface area is 187 Å². The van der Waals surface area contributed by atoms with Gasteiger partial charge in [-0.3, -0.25) is 9.69 Å². The first-order valence-corrected chi connectivity index (χ1v) is 11.2. The van der Waals surface area contributed by atoms with Crippen LogP contribution < -0.4 is 20.3 Å². The lowest BCUT2D eigenvalue weighted by Gasteiger charge is -2.45. The summed E-state index contributed by atoms with van der Waals surface area (Å²) in [5.41, 5.74) is 5.67. The van der Waals surface area contributed by atoms with Crippen molar-refractivity contribution in [2.75, 3.05) is 43.5 Å². The Balaban J connectivity index is 1.27. The summed E-state index contributed by atoms with van der Waals surface area (Å²) in [5.74, 6) is 0.513. The Kier molecular flexibility index (Phi) is 5.48. The van der Waals surface area contributed by atoms with Crippen LogP contribution in [0.25, 0.3) is 6.08 Å². The lowest BCUT2D eigenvalue weighted by molar-refractivity contribution is 0.0957. The predicted octanol–water partition coefficient (Wildman–Crippen LogP) is 2.06. The largest absolute Gasteiger partial charge is 0.489 e. The van der Waals surface area contributed by atoms with Gasteiger partial charge in [0.25, 0.3) is 5.91 Å². The van der Waals surface area contributed by atoms with Gasteiger partial charge in [0.15, 0.2) is 0 Å². The molecule has 0 spiro atoms. The maximum atomic E-state index is 11.9. The third-order valence-corrected chi connectivity index (χ3v) is 6.53. The van der Waals surface area contributed by atoms with E-state index < -0.39 is 6.23 Å². The number of fused-ring (bicyclic) bond motifs is 4. The van der Waals surface area contributed by atoms with Crippen LogP contribution in [0.4, 0.5) is 11.4 Å². The smallest absolute Gasteiger partial charge is 0.269 e. The molecule has 1 saturated heterocycles. The third kappa shape index (κ3) is 3.80. The Morgan fingerprint density at radius 3 is 3.03 bits per heavy atom. The molecule has 2 atom stereocenters. The van der Waals surface area contributed by atoms with Crippen LogP contribution in [0.1, 0.15) is 35.0 Å². The molecule has 1 amide bonds. The van der Waals surface area contributed by atoms with Crippen LogP contribution in [0.15, 0.2) is 36.0 Å². The van der Waals surface area contributed by atoms with Crippen molar-refractivity contribution in [3.8, 4) is 5.75 Å². The van der Waals surface area contributed by atoms with Crippen molar-refractivity contribution in [1.82, 2.24) is 15.2 Å². The fraction of sp³-hybridized carbons (Fsp3) is 0.417. The fourth-order valence-corrected chi connectivity index (χ4v) is 4.75. The van der Waals surface area contributed by atoms with Gasteiger partial charge in [0, 0.05) is 45.0 Å². The second-order valence-corrected chi connectivity index (χ2v) is 8.55. The van der Waals surface area contributed by atoms with E-state index in [1.807, 2.05) is 0 Å². The molecular weight excluding hydrogens is 406 g/mol. The number of rotatable bonds is 4. The molecule has 1 aromatic heterocycles. The van der Waals surface area contributed by atoms with Gasteiger partial charge in [-0.25, -0.2) is 4.98 Å². The maximum absolute atomic E-state index is 11.9. The van der Waals surface area contributed by atoms with Crippen LogP contribution in [0, 0.1) is 0 Å². The van der Waals surface area contributed by atoms with E-state index in [0.29, 0.717) is 12.3 Å².